The number of benzene rings is 1. The van der Waals surface area contributed by atoms with E-state index in [0.717, 1.165) is 18.8 Å². The van der Waals surface area contributed by atoms with Gasteiger partial charge in [0.15, 0.2) is 5.11 Å². The molecule has 2 rings (SSSR count). The van der Waals surface area contributed by atoms with Crippen molar-refractivity contribution >= 4 is 40.9 Å². The summed E-state index contributed by atoms with van der Waals surface area (Å²) in [6, 6.07) is 5.72. The number of likely N-dealkylation sites (N-methyl/N-ethyl adjacent to an activating group) is 2. The fourth-order valence-corrected chi connectivity index (χ4v) is 2.90. The number of methoxy groups -OCH3 is 1. The molecule has 0 spiro atoms. The highest BCUT2D eigenvalue weighted by Gasteiger charge is 2.35. The van der Waals surface area contributed by atoms with Gasteiger partial charge in [0.2, 0.25) is 0 Å². The zero-order chi connectivity index (χ0) is 18.7. The van der Waals surface area contributed by atoms with Gasteiger partial charge in [-0.25, -0.2) is 0 Å². The molecule has 0 aromatic heterocycles. The van der Waals surface area contributed by atoms with Crippen LogP contribution < -0.4 is 9.64 Å². The van der Waals surface area contributed by atoms with Crippen LogP contribution in [0.3, 0.4) is 0 Å². The normalized spacial score (nSPS) is 14.9. The smallest absolute Gasteiger partial charge is 0.265 e. The predicted octanol–water partition coefficient (Wildman–Crippen LogP) is 2.14. The molecule has 134 valence electrons. The van der Waals surface area contributed by atoms with Gasteiger partial charge < -0.3 is 9.64 Å². The Morgan fingerprint density at radius 1 is 1.12 bits per heavy atom. The first-order chi connectivity index (χ1) is 11.8. The highest BCUT2D eigenvalue weighted by Crippen LogP contribution is 2.29. The van der Waals surface area contributed by atoms with Gasteiger partial charge in [-0.2, -0.15) is 0 Å². The van der Waals surface area contributed by atoms with E-state index >= 15 is 0 Å². The van der Waals surface area contributed by atoms with Crippen LogP contribution in [0.4, 0.5) is 5.69 Å². The molecule has 0 saturated carbocycles. The van der Waals surface area contributed by atoms with Crippen molar-refractivity contribution in [3.63, 3.8) is 0 Å². The number of carbonyl (C=O) groups is 2. The van der Waals surface area contributed by atoms with E-state index in [4.69, 9.17) is 17.0 Å². The van der Waals surface area contributed by atoms with Crippen LogP contribution in [0.15, 0.2) is 23.8 Å². The van der Waals surface area contributed by atoms with Gasteiger partial charge in [0.25, 0.3) is 11.8 Å². The van der Waals surface area contributed by atoms with Crippen LogP contribution in [0.5, 0.6) is 5.75 Å². The quantitative estimate of drug-likeness (QED) is 0.457. The highest BCUT2D eigenvalue weighted by atomic mass is 32.1. The lowest BCUT2D eigenvalue weighted by Gasteiger charge is -2.31. The Kier molecular flexibility index (Phi) is 5.79. The van der Waals surface area contributed by atoms with E-state index in [1.807, 2.05) is 18.2 Å². The van der Waals surface area contributed by atoms with Crippen molar-refractivity contribution in [3.8, 4) is 5.75 Å². The Hall–Kier alpha value is -2.41. The van der Waals surface area contributed by atoms with Crippen LogP contribution in [0.25, 0.3) is 6.08 Å². The van der Waals surface area contributed by atoms with Crippen LogP contribution in [0, 0.1) is 0 Å². The van der Waals surface area contributed by atoms with Crippen LogP contribution in [0.2, 0.25) is 0 Å². The average molecular weight is 361 g/mol. The molecule has 1 aromatic carbocycles. The van der Waals surface area contributed by atoms with Gasteiger partial charge in [0.05, 0.1) is 7.11 Å². The standard InChI is InChI=1S/C18H23N3O3S/c1-6-21(7-2)13-9-8-12(15(11-13)24-5)10-14-16(22)19(3)18(25)20(4)17(14)23/h8-11H,6-7H2,1-5H3. The van der Waals surface area contributed by atoms with Crippen LogP contribution >= 0.6 is 12.2 Å². The van der Waals surface area contributed by atoms with E-state index in [9.17, 15) is 9.59 Å². The number of carbonyl (C=O) groups excluding carboxylic acids is 2. The van der Waals surface area contributed by atoms with E-state index in [1.165, 1.54) is 9.80 Å². The second kappa shape index (κ2) is 7.65. The number of amides is 2. The number of ether oxygens (including phenoxy) is 1. The predicted molar refractivity (Wildman–Crippen MR) is 103 cm³/mol. The number of nitrogens with zero attached hydrogens (tertiary/aromatic N) is 3. The summed E-state index contributed by atoms with van der Waals surface area (Å²) in [6.07, 6.45) is 1.56. The van der Waals surface area contributed by atoms with Crippen molar-refractivity contribution in [2.75, 3.05) is 39.2 Å². The van der Waals surface area contributed by atoms with Crippen molar-refractivity contribution in [1.82, 2.24) is 9.80 Å². The largest absolute Gasteiger partial charge is 0.496 e. The molecule has 0 unspecified atom stereocenters. The Labute approximate surface area is 153 Å². The lowest BCUT2D eigenvalue weighted by atomic mass is 10.1. The summed E-state index contributed by atoms with van der Waals surface area (Å²) in [5.41, 5.74) is 1.76. The Balaban J connectivity index is 2.47. The van der Waals surface area contributed by atoms with Gasteiger partial charge in [0, 0.05) is 44.5 Å². The lowest BCUT2D eigenvalue weighted by molar-refractivity contribution is -0.132. The molecule has 1 heterocycles. The van der Waals surface area contributed by atoms with E-state index in [-0.39, 0.29) is 10.7 Å². The first-order valence-electron chi connectivity index (χ1n) is 8.10. The number of thiocarbonyl (C=S) groups is 1. The van der Waals surface area contributed by atoms with E-state index < -0.39 is 11.8 Å². The fraction of sp³-hybridized carbons (Fsp3) is 0.389. The summed E-state index contributed by atoms with van der Waals surface area (Å²) in [6.45, 7) is 5.92. The lowest BCUT2D eigenvalue weighted by Crippen LogP contribution is -2.52. The third-order valence-corrected chi connectivity index (χ3v) is 4.84. The van der Waals surface area contributed by atoms with Gasteiger partial charge in [-0.1, -0.05) is 0 Å². The van der Waals surface area contributed by atoms with Crippen LogP contribution in [-0.4, -0.2) is 61.0 Å². The summed E-state index contributed by atoms with van der Waals surface area (Å²) >= 11 is 5.10. The SMILES string of the molecule is CCN(CC)c1ccc(C=C2C(=O)N(C)C(=S)N(C)C2=O)c(OC)c1. The fourth-order valence-electron chi connectivity index (χ4n) is 2.74. The van der Waals surface area contributed by atoms with Gasteiger partial charge in [0.1, 0.15) is 11.3 Å². The van der Waals surface area contributed by atoms with Gasteiger partial charge >= 0.3 is 0 Å². The minimum absolute atomic E-state index is 0.0625. The molecular weight excluding hydrogens is 338 g/mol. The molecule has 2 amide bonds. The molecule has 0 bridgehead atoms. The number of hydrogen-bond acceptors (Lipinski definition) is 5. The van der Waals surface area contributed by atoms with E-state index in [1.54, 1.807) is 27.3 Å². The maximum Gasteiger partial charge on any atom is 0.265 e. The summed E-state index contributed by atoms with van der Waals surface area (Å²) in [4.78, 5) is 29.6. The molecule has 25 heavy (non-hydrogen) atoms. The van der Waals surface area contributed by atoms with Gasteiger partial charge in [-0.05, 0) is 44.3 Å². The number of hydrogen-bond donors (Lipinski definition) is 0. The topological polar surface area (TPSA) is 53.1 Å². The maximum absolute atomic E-state index is 12.4. The zero-order valence-corrected chi connectivity index (χ0v) is 16.0. The summed E-state index contributed by atoms with van der Waals surface area (Å²) < 4.78 is 5.47. The Morgan fingerprint density at radius 3 is 2.16 bits per heavy atom. The molecule has 0 radical (unpaired) electrons. The minimum atomic E-state index is -0.414. The molecule has 0 aliphatic carbocycles. The maximum atomic E-state index is 12.4. The third-order valence-electron chi connectivity index (χ3n) is 4.29. The van der Waals surface area contributed by atoms with Crippen LogP contribution in [-0.2, 0) is 9.59 Å². The molecule has 7 heteroatoms. The van der Waals surface area contributed by atoms with Gasteiger partial charge in [-0.3, -0.25) is 19.4 Å². The Morgan fingerprint density at radius 2 is 1.68 bits per heavy atom. The highest BCUT2D eigenvalue weighted by molar-refractivity contribution is 7.80. The van der Waals surface area contributed by atoms with Crippen molar-refractivity contribution in [3.05, 3.63) is 29.3 Å². The summed E-state index contributed by atoms with van der Waals surface area (Å²) in [5.74, 6) is -0.220. The van der Waals surface area contributed by atoms with Crippen molar-refractivity contribution in [2.24, 2.45) is 0 Å². The summed E-state index contributed by atoms with van der Waals surface area (Å²) in [7, 11) is 4.69. The Bertz CT molecular complexity index is 715. The molecule has 6 nitrogen and oxygen atoms in total. The molecular formula is C18H23N3O3S. The molecule has 0 atom stereocenters. The van der Waals surface area contributed by atoms with Crippen molar-refractivity contribution in [2.45, 2.75) is 13.8 Å². The first-order valence-corrected chi connectivity index (χ1v) is 8.51. The zero-order valence-electron chi connectivity index (χ0n) is 15.2. The van der Waals surface area contributed by atoms with E-state index in [0.29, 0.717) is 11.3 Å². The summed E-state index contributed by atoms with van der Waals surface area (Å²) in [5, 5.41) is 0.191. The molecule has 1 saturated heterocycles. The van der Waals surface area contributed by atoms with Crippen molar-refractivity contribution < 1.29 is 14.3 Å². The minimum Gasteiger partial charge on any atom is -0.496 e. The molecule has 1 aromatic rings. The number of rotatable bonds is 5. The second-order valence-electron chi connectivity index (χ2n) is 5.67. The number of anilines is 1. The molecule has 0 N–H and O–H groups in total. The second-order valence-corrected chi connectivity index (χ2v) is 6.03. The van der Waals surface area contributed by atoms with E-state index in [2.05, 4.69) is 18.7 Å². The monoisotopic (exact) mass is 361 g/mol. The van der Waals surface area contributed by atoms with Crippen LogP contribution in [0.1, 0.15) is 19.4 Å². The molecule has 1 aliphatic rings. The third kappa shape index (κ3) is 3.51. The average Bonchev–Trinajstić information content (AvgIpc) is 2.63. The first kappa shape index (κ1) is 18.9. The molecule has 1 aliphatic heterocycles. The van der Waals surface area contributed by atoms with Gasteiger partial charge in [-0.15, -0.1) is 0 Å². The van der Waals surface area contributed by atoms with Crippen molar-refractivity contribution in [1.29, 1.82) is 0 Å². The molecule has 1 fully saturated rings.